The molecule has 1 aromatic rings. The predicted octanol–water partition coefficient (Wildman–Crippen LogP) is 1.11. The number of carbonyl (C=O) groups is 2. The zero-order valence-corrected chi connectivity index (χ0v) is 9.98. The van der Waals surface area contributed by atoms with Crippen LogP contribution in [0.3, 0.4) is 0 Å². The van der Waals surface area contributed by atoms with Crippen molar-refractivity contribution >= 4 is 11.8 Å². The van der Waals surface area contributed by atoms with Gasteiger partial charge in [0.1, 0.15) is 0 Å². The number of esters is 1. The molecule has 88 valence electrons. The van der Waals surface area contributed by atoms with Gasteiger partial charge in [0.2, 0.25) is 0 Å². The van der Waals surface area contributed by atoms with Crippen LogP contribution in [0.15, 0.2) is 6.20 Å². The highest BCUT2D eigenvalue weighted by atomic mass is 16.5. The minimum Gasteiger partial charge on any atom is -0.469 e. The third kappa shape index (κ3) is 2.68. The van der Waals surface area contributed by atoms with Crippen LogP contribution in [0.2, 0.25) is 0 Å². The van der Waals surface area contributed by atoms with Crippen LogP contribution in [0.1, 0.15) is 29.4 Å². The van der Waals surface area contributed by atoms with E-state index in [-0.39, 0.29) is 24.1 Å². The number of aromatic nitrogens is 2. The summed E-state index contributed by atoms with van der Waals surface area (Å²) >= 11 is 0. The number of aryl methyl sites for hydroxylation is 2. The highest BCUT2D eigenvalue weighted by Gasteiger charge is 2.21. The highest BCUT2D eigenvalue weighted by Crippen LogP contribution is 2.15. The van der Waals surface area contributed by atoms with Crippen molar-refractivity contribution in [3.8, 4) is 0 Å². The van der Waals surface area contributed by atoms with Gasteiger partial charge >= 0.3 is 5.97 Å². The molecule has 1 rings (SSSR count). The van der Waals surface area contributed by atoms with E-state index in [2.05, 4.69) is 9.84 Å². The van der Waals surface area contributed by atoms with Crippen molar-refractivity contribution in [3.63, 3.8) is 0 Å². The van der Waals surface area contributed by atoms with Gasteiger partial charge < -0.3 is 4.74 Å². The van der Waals surface area contributed by atoms with Gasteiger partial charge in [-0.25, -0.2) is 0 Å². The van der Waals surface area contributed by atoms with E-state index < -0.39 is 0 Å². The topological polar surface area (TPSA) is 61.2 Å². The number of carbonyl (C=O) groups excluding carboxylic acids is 2. The summed E-state index contributed by atoms with van der Waals surface area (Å²) in [6, 6.07) is 0. The van der Waals surface area contributed by atoms with Crippen LogP contribution in [-0.2, 0) is 16.6 Å². The van der Waals surface area contributed by atoms with Crippen LogP contribution in [0.25, 0.3) is 0 Å². The molecule has 0 aliphatic carbocycles. The third-order valence-corrected chi connectivity index (χ3v) is 2.43. The smallest absolute Gasteiger partial charge is 0.306 e. The molecule has 1 heterocycles. The molecule has 16 heavy (non-hydrogen) atoms. The molecule has 1 aromatic heterocycles. The van der Waals surface area contributed by atoms with Gasteiger partial charge in [0.25, 0.3) is 0 Å². The predicted molar refractivity (Wildman–Crippen MR) is 58.1 cm³/mol. The average Bonchev–Trinajstić information content (AvgIpc) is 2.56. The molecule has 0 radical (unpaired) electrons. The molecule has 5 heteroatoms. The number of nitrogens with zero attached hydrogens (tertiary/aromatic N) is 2. The fourth-order valence-corrected chi connectivity index (χ4v) is 1.53. The maximum atomic E-state index is 12.0. The summed E-state index contributed by atoms with van der Waals surface area (Å²) in [7, 11) is 3.07. The van der Waals surface area contributed by atoms with Gasteiger partial charge in [-0.05, 0) is 6.92 Å². The fourth-order valence-electron chi connectivity index (χ4n) is 1.53. The summed E-state index contributed by atoms with van der Waals surface area (Å²) in [5.74, 6) is -0.825. The summed E-state index contributed by atoms with van der Waals surface area (Å²) in [6.45, 7) is 3.49. The van der Waals surface area contributed by atoms with Gasteiger partial charge in [-0.3, -0.25) is 14.3 Å². The standard InChI is InChI=1S/C11H16N2O3/c1-7(5-10(14)16-4)11(15)9-6-13(3)12-8(9)2/h6-7H,5H2,1-4H3. The second-order valence-electron chi connectivity index (χ2n) is 3.85. The molecule has 0 saturated heterocycles. The second kappa shape index (κ2) is 4.92. The Hall–Kier alpha value is -1.65. The van der Waals surface area contributed by atoms with Crippen LogP contribution >= 0.6 is 0 Å². The van der Waals surface area contributed by atoms with E-state index in [0.717, 1.165) is 0 Å². The van der Waals surface area contributed by atoms with E-state index in [1.165, 1.54) is 7.11 Å². The van der Waals surface area contributed by atoms with Crippen LogP contribution in [0.5, 0.6) is 0 Å². The number of rotatable bonds is 4. The Labute approximate surface area is 94.4 Å². The number of methoxy groups -OCH3 is 1. The van der Waals surface area contributed by atoms with E-state index in [1.54, 1.807) is 31.8 Å². The van der Waals surface area contributed by atoms with Crippen molar-refractivity contribution in [1.82, 2.24) is 9.78 Å². The zero-order chi connectivity index (χ0) is 12.3. The Morgan fingerprint density at radius 2 is 2.19 bits per heavy atom. The molecule has 0 N–H and O–H groups in total. The van der Waals surface area contributed by atoms with Crippen LogP contribution in [0.4, 0.5) is 0 Å². The second-order valence-corrected chi connectivity index (χ2v) is 3.85. The third-order valence-electron chi connectivity index (χ3n) is 2.43. The first-order valence-electron chi connectivity index (χ1n) is 5.07. The molecule has 0 bridgehead atoms. The number of ketones is 1. The minimum absolute atomic E-state index is 0.0731. The summed E-state index contributed by atoms with van der Waals surface area (Å²) < 4.78 is 6.12. The van der Waals surface area contributed by atoms with Crippen molar-refractivity contribution in [2.75, 3.05) is 7.11 Å². The first-order chi connectivity index (χ1) is 7.45. The number of hydrogen-bond donors (Lipinski definition) is 0. The Balaban J connectivity index is 2.78. The van der Waals surface area contributed by atoms with Crippen molar-refractivity contribution in [2.45, 2.75) is 20.3 Å². The first kappa shape index (κ1) is 12.4. The Morgan fingerprint density at radius 1 is 1.56 bits per heavy atom. The van der Waals surface area contributed by atoms with E-state index >= 15 is 0 Å². The normalized spacial score (nSPS) is 12.2. The molecule has 0 saturated carbocycles. The van der Waals surface area contributed by atoms with Crippen LogP contribution < -0.4 is 0 Å². The molecule has 0 spiro atoms. The van der Waals surface area contributed by atoms with E-state index in [4.69, 9.17) is 0 Å². The van der Waals surface area contributed by atoms with Crippen molar-refractivity contribution in [3.05, 3.63) is 17.5 Å². The van der Waals surface area contributed by atoms with Gasteiger partial charge in [-0.15, -0.1) is 0 Å². The Bertz CT molecular complexity index is 409. The van der Waals surface area contributed by atoms with Crippen molar-refractivity contribution < 1.29 is 14.3 Å². The van der Waals surface area contributed by atoms with Crippen molar-refractivity contribution in [2.24, 2.45) is 13.0 Å². The van der Waals surface area contributed by atoms with Gasteiger partial charge in [0.05, 0.1) is 24.8 Å². The largest absolute Gasteiger partial charge is 0.469 e. The summed E-state index contributed by atoms with van der Waals surface area (Å²) in [4.78, 5) is 23.0. The molecule has 0 fully saturated rings. The van der Waals surface area contributed by atoms with Gasteiger partial charge in [0.15, 0.2) is 5.78 Å². The Kier molecular flexibility index (Phi) is 3.82. The monoisotopic (exact) mass is 224 g/mol. The maximum Gasteiger partial charge on any atom is 0.306 e. The van der Waals surface area contributed by atoms with Crippen LogP contribution in [0, 0.1) is 12.8 Å². The molecule has 0 aromatic carbocycles. The number of hydrogen-bond acceptors (Lipinski definition) is 4. The highest BCUT2D eigenvalue weighted by molar-refractivity contribution is 5.99. The summed E-state index contributed by atoms with van der Waals surface area (Å²) in [6.07, 6.45) is 1.77. The molecular formula is C11H16N2O3. The lowest BCUT2D eigenvalue weighted by atomic mass is 9.97. The lowest BCUT2D eigenvalue weighted by molar-refractivity contribution is -0.141. The van der Waals surface area contributed by atoms with Crippen LogP contribution in [-0.4, -0.2) is 28.6 Å². The summed E-state index contributed by atoms with van der Waals surface area (Å²) in [5.41, 5.74) is 1.25. The Morgan fingerprint density at radius 3 is 2.62 bits per heavy atom. The fraction of sp³-hybridized carbons (Fsp3) is 0.545. The molecule has 1 unspecified atom stereocenters. The lowest BCUT2D eigenvalue weighted by Crippen LogP contribution is -2.16. The molecule has 0 aliphatic rings. The zero-order valence-electron chi connectivity index (χ0n) is 9.98. The molecule has 0 amide bonds. The van der Waals surface area contributed by atoms with Gasteiger partial charge in [-0.2, -0.15) is 5.10 Å². The quantitative estimate of drug-likeness (QED) is 0.567. The average molecular weight is 224 g/mol. The summed E-state index contributed by atoms with van der Waals surface area (Å²) in [5, 5.41) is 4.09. The molecule has 1 atom stereocenters. The number of ether oxygens (including phenoxy) is 1. The lowest BCUT2D eigenvalue weighted by Gasteiger charge is -2.07. The van der Waals surface area contributed by atoms with E-state index in [0.29, 0.717) is 11.3 Å². The molecular weight excluding hydrogens is 208 g/mol. The van der Waals surface area contributed by atoms with Gasteiger partial charge in [-0.1, -0.05) is 6.92 Å². The number of Topliss-reactive ketones (excluding diaryl/α,β-unsaturated/α-hetero) is 1. The van der Waals surface area contributed by atoms with E-state index in [1.807, 2.05) is 0 Å². The molecule has 5 nitrogen and oxygen atoms in total. The minimum atomic E-state index is -0.379. The van der Waals surface area contributed by atoms with Gasteiger partial charge in [0, 0.05) is 19.2 Å². The maximum absolute atomic E-state index is 12.0. The molecule has 0 aliphatic heterocycles. The SMILES string of the molecule is COC(=O)CC(C)C(=O)c1cn(C)nc1C. The van der Waals surface area contributed by atoms with Crippen molar-refractivity contribution in [1.29, 1.82) is 0 Å². The first-order valence-corrected chi connectivity index (χ1v) is 5.07. The van der Waals surface area contributed by atoms with E-state index in [9.17, 15) is 9.59 Å².